The van der Waals surface area contributed by atoms with Crippen molar-refractivity contribution in [3.63, 3.8) is 0 Å². The Balaban J connectivity index is 1.65. The van der Waals surface area contributed by atoms with Crippen molar-refractivity contribution in [2.24, 2.45) is 11.8 Å². The second kappa shape index (κ2) is 7.18. The summed E-state index contributed by atoms with van der Waals surface area (Å²) < 4.78 is 5.23. The van der Waals surface area contributed by atoms with E-state index < -0.39 is 0 Å². The van der Waals surface area contributed by atoms with Gasteiger partial charge >= 0.3 is 0 Å². The van der Waals surface area contributed by atoms with Gasteiger partial charge in [0.2, 0.25) is 0 Å². The van der Waals surface area contributed by atoms with E-state index in [-0.39, 0.29) is 6.10 Å². The van der Waals surface area contributed by atoms with Crippen LogP contribution in [0.2, 0.25) is 0 Å². The molecule has 0 spiro atoms. The average molecular weight is 252 g/mol. The Morgan fingerprint density at radius 2 is 2.11 bits per heavy atom. The van der Waals surface area contributed by atoms with E-state index in [0.717, 1.165) is 31.8 Å². The van der Waals surface area contributed by atoms with Gasteiger partial charge < -0.3 is 9.84 Å². The van der Waals surface area contributed by atoms with Crippen molar-refractivity contribution in [2.45, 2.75) is 70.8 Å². The summed E-state index contributed by atoms with van der Waals surface area (Å²) in [7, 11) is 0. The molecule has 1 heterocycles. The molecule has 2 atom stereocenters. The Bertz CT molecular complexity index is 266. The minimum Gasteiger partial charge on any atom is -0.501 e. The van der Waals surface area contributed by atoms with Gasteiger partial charge in [0.05, 0.1) is 19.0 Å². The van der Waals surface area contributed by atoms with Crippen LogP contribution in [0.1, 0.15) is 64.7 Å². The lowest BCUT2D eigenvalue weighted by Crippen LogP contribution is -2.21. The molecule has 18 heavy (non-hydrogen) atoms. The standard InChI is InChI=1S/C16H28O2/c1-13(11-14-5-3-2-4-6-14)16(17)8-7-15-9-10-18-12-15/h12-14,16-17H,2-11H2,1H3/t13-,16?/m0/s1. The van der Waals surface area contributed by atoms with E-state index in [1.54, 1.807) is 0 Å². The first kappa shape index (κ1) is 13.9. The fourth-order valence-electron chi connectivity index (χ4n) is 3.33. The van der Waals surface area contributed by atoms with Crippen LogP contribution in [0.4, 0.5) is 0 Å². The van der Waals surface area contributed by atoms with Crippen LogP contribution in [0.5, 0.6) is 0 Å². The fraction of sp³-hybridized carbons (Fsp3) is 0.875. The summed E-state index contributed by atoms with van der Waals surface area (Å²) in [6.45, 7) is 3.06. The van der Waals surface area contributed by atoms with Crippen LogP contribution in [0.3, 0.4) is 0 Å². The molecule has 104 valence electrons. The molecule has 1 fully saturated rings. The molecular weight excluding hydrogens is 224 g/mol. The smallest absolute Gasteiger partial charge is 0.0911 e. The third-order valence-electron chi connectivity index (χ3n) is 4.64. The van der Waals surface area contributed by atoms with Crippen molar-refractivity contribution in [2.75, 3.05) is 6.61 Å². The maximum Gasteiger partial charge on any atom is 0.0911 e. The molecule has 1 unspecified atom stereocenters. The Morgan fingerprint density at radius 3 is 2.78 bits per heavy atom. The van der Waals surface area contributed by atoms with Crippen LogP contribution in [-0.2, 0) is 4.74 Å². The van der Waals surface area contributed by atoms with Gasteiger partial charge in [-0.15, -0.1) is 0 Å². The maximum atomic E-state index is 10.2. The summed E-state index contributed by atoms with van der Waals surface area (Å²) in [5, 5.41) is 10.2. The highest BCUT2D eigenvalue weighted by Gasteiger charge is 2.21. The lowest BCUT2D eigenvalue weighted by Gasteiger charge is -2.27. The zero-order valence-corrected chi connectivity index (χ0v) is 11.7. The number of ether oxygens (including phenoxy) is 1. The first-order valence-electron chi connectivity index (χ1n) is 7.73. The van der Waals surface area contributed by atoms with Gasteiger partial charge in [-0.25, -0.2) is 0 Å². The Kier molecular flexibility index (Phi) is 5.55. The molecule has 0 aromatic heterocycles. The Hall–Kier alpha value is -0.500. The van der Waals surface area contributed by atoms with Gasteiger partial charge in [-0.2, -0.15) is 0 Å². The highest BCUT2D eigenvalue weighted by Crippen LogP contribution is 2.31. The predicted molar refractivity (Wildman–Crippen MR) is 74.2 cm³/mol. The molecule has 0 saturated heterocycles. The van der Waals surface area contributed by atoms with Crippen molar-refractivity contribution in [1.29, 1.82) is 0 Å². The highest BCUT2D eigenvalue weighted by atomic mass is 16.5. The largest absolute Gasteiger partial charge is 0.501 e. The van der Waals surface area contributed by atoms with Crippen LogP contribution in [0.15, 0.2) is 11.8 Å². The quantitative estimate of drug-likeness (QED) is 0.773. The lowest BCUT2D eigenvalue weighted by molar-refractivity contribution is 0.0887. The fourth-order valence-corrected chi connectivity index (χ4v) is 3.33. The third kappa shape index (κ3) is 4.31. The topological polar surface area (TPSA) is 29.5 Å². The molecule has 0 aromatic rings. The van der Waals surface area contributed by atoms with Gasteiger partial charge in [0.1, 0.15) is 0 Å². The molecule has 1 N–H and O–H groups in total. The van der Waals surface area contributed by atoms with Gasteiger partial charge in [-0.1, -0.05) is 39.0 Å². The van der Waals surface area contributed by atoms with E-state index in [9.17, 15) is 5.11 Å². The highest BCUT2D eigenvalue weighted by molar-refractivity contribution is 5.02. The van der Waals surface area contributed by atoms with E-state index in [0.29, 0.717) is 5.92 Å². The molecule has 0 bridgehead atoms. The molecule has 1 saturated carbocycles. The van der Waals surface area contributed by atoms with Gasteiger partial charge in [-0.3, -0.25) is 0 Å². The minimum absolute atomic E-state index is 0.131. The molecule has 1 aliphatic carbocycles. The summed E-state index contributed by atoms with van der Waals surface area (Å²) in [6, 6.07) is 0. The second-order valence-corrected chi connectivity index (χ2v) is 6.22. The number of rotatable bonds is 6. The van der Waals surface area contributed by atoms with E-state index in [1.165, 1.54) is 44.1 Å². The van der Waals surface area contributed by atoms with E-state index >= 15 is 0 Å². The van der Waals surface area contributed by atoms with Crippen molar-refractivity contribution >= 4 is 0 Å². The summed E-state index contributed by atoms with van der Waals surface area (Å²) in [6.07, 6.45) is 12.9. The van der Waals surface area contributed by atoms with Crippen LogP contribution < -0.4 is 0 Å². The average Bonchev–Trinajstić information content (AvgIpc) is 2.90. The number of hydrogen-bond acceptors (Lipinski definition) is 2. The molecule has 0 radical (unpaired) electrons. The van der Waals surface area contributed by atoms with Crippen molar-refractivity contribution in [3.8, 4) is 0 Å². The van der Waals surface area contributed by atoms with E-state index in [1.807, 2.05) is 6.26 Å². The molecule has 0 aromatic carbocycles. The van der Waals surface area contributed by atoms with Crippen molar-refractivity contribution < 1.29 is 9.84 Å². The number of hydrogen-bond donors (Lipinski definition) is 1. The van der Waals surface area contributed by atoms with Crippen LogP contribution in [0.25, 0.3) is 0 Å². The van der Waals surface area contributed by atoms with Gasteiger partial charge in [0, 0.05) is 6.42 Å². The summed E-state index contributed by atoms with van der Waals surface area (Å²) in [5.74, 6) is 1.33. The zero-order valence-electron chi connectivity index (χ0n) is 11.7. The lowest BCUT2D eigenvalue weighted by atomic mass is 9.81. The van der Waals surface area contributed by atoms with Crippen LogP contribution >= 0.6 is 0 Å². The molecule has 2 nitrogen and oxygen atoms in total. The van der Waals surface area contributed by atoms with E-state index in [4.69, 9.17) is 4.74 Å². The summed E-state index contributed by atoms with van der Waals surface area (Å²) in [5.41, 5.74) is 1.37. The Labute approximate surface area is 111 Å². The SMILES string of the molecule is C[C@@H](CC1CCCCC1)C(O)CCC1=COCC1. The van der Waals surface area contributed by atoms with Crippen LogP contribution in [-0.4, -0.2) is 17.8 Å². The van der Waals surface area contributed by atoms with E-state index in [2.05, 4.69) is 6.92 Å². The summed E-state index contributed by atoms with van der Waals surface area (Å²) in [4.78, 5) is 0. The number of aliphatic hydroxyl groups excluding tert-OH is 1. The first-order chi connectivity index (χ1) is 8.75. The van der Waals surface area contributed by atoms with Gasteiger partial charge in [0.15, 0.2) is 0 Å². The maximum absolute atomic E-state index is 10.2. The van der Waals surface area contributed by atoms with Gasteiger partial charge in [0.25, 0.3) is 0 Å². The van der Waals surface area contributed by atoms with Gasteiger partial charge in [-0.05, 0) is 36.7 Å². The molecule has 0 amide bonds. The Morgan fingerprint density at radius 1 is 1.33 bits per heavy atom. The second-order valence-electron chi connectivity index (χ2n) is 6.22. The third-order valence-corrected chi connectivity index (χ3v) is 4.64. The molecular formula is C16H28O2. The van der Waals surface area contributed by atoms with Crippen LogP contribution in [0, 0.1) is 11.8 Å². The number of aliphatic hydroxyl groups is 1. The molecule has 1 aliphatic heterocycles. The van der Waals surface area contributed by atoms with Crippen molar-refractivity contribution in [1.82, 2.24) is 0 Å². The molecule has 2 aliphatic rings. The predicted octanol–water partition coefficient (Wildman–Crippen LogP) is 4.04. The molecule has 2 rings (SSSR count). The normalized spacial score (nSPS) is 24.4. The van der Waals surface area contributed by atoms with Crippen molar-refractivity contribution in [3.05, 3.63) is 11.8 Å². The zero-order chi connectivity index (χ0) is 12.8. The summed E-state index contributed by atoms with van der Waals surface area (Å²) >= 11 is 0. The first-order valence-corrected chi connectivity index (χ1v) is 7.73. The monoisotopic (exact) mass is 252 g/mol. The minimum atomic E-state index is -0.131. The molecule has 2 heteroatoms.